The lowest BCUT2D eigenvalue weighted by Gasteiger charge is -2.10. The molecule has 3 nitrogen and oxygen atoms in total. The third-order valence-electron chi connectivity index (χ3n) is 3.61. The average molecular weight is 267 g/mol. The van der Waals surface area contributed by atoms with Crippen molar-refractivity contribution in [2.45, 2.75) is 46.0 Å². The van der Waals surface area contributed by atoms with Crippen LogP contribution < -0.4 is 0 Å². The van der Waals surface area contributed by atoms with E-state index in [9.17, 15) is 5.26 Å². The van der Waals surface area contributed by atoms with Crippen LogP contribution in [-0.2, 0) is 5.41 Å². The van der Waals surface area contributed by atoms with Crippen LogP contribution in [0.4, 0.5) is 0 Å². The molecule has 0 aliphatic rings. The number of aromatic nitrogens is 2. The lowest BCUT2D eigenvalue weighted by atomic mass is 9.95. The molecular formula is C17H21N3. The first-order valence-corrected chi connectivity index (χ1v) is 6.94. The highest BCUT2D eigenvalue weighted by Crippen LogP contribution is 2.27. The van der Waals surface area contributed by atoms with Crippen molar-refractivity contribution in [3.8, 4) is 17.3 Å². The molecule has 1 heterocycles. The Kier molecular flexibility index (Phi) is 3.67. The smallest absolute Gasteiger partial charge is 0.126 e. The van der Waals surface area contributed by atoms with Gasteiger partial charge in [0.1, 0.15) is 11.2 Å². The van der Waals surface area contributed by atoms with Crippen molar-refractivity contribution in [1.29, 1.82) is 5.26 Å². The van der Waals surface area contributed by atoms with Crippen molar-refractivity contribution in [3.63, 3.8) is 0 Å². The van der Waals surface area contributed by atoms with E-state index >= 15 is 0 Å². The largest absolute Gasteiger partial charge is 0.344 e. The third kappa shape index (κ3) is 2.60. The molecule has 104 valence electrons. The number of hydrogen-bond donors (Lipinski definition) is 1. The maximum absolute atomic E-state index is 9.21. The molecule has 0 radical (unpaired) electrons. The topological polar surface area (TPSA) is 52.5 Å². The van der Waals surface area contributed by atoms with Crippen LogP contribution in [0.1, 0.15) is 50.7 Å². The van der Waals surface area contributed by atoms with Crippen LogP contribution in [0.15, 0.2) is 24.3 Å². The van der Waals surface area contributed by atoms with E-state index in [0.29, 0.717) is 5.92 Å². The maximum atomic E-state index is 9.21. The summed E-state index contributed by atoms with van der Waals surface area (Å²) in [6.07, 6.45) is 0. The number of aromatic amines is 1. The molecule has 2 rings (SSSR count). The minimum atomic E-state index is -0.596. The molecule has 20 heavy (non-hydrogen) atoms. The molecule has 0 aliphatic heterocycles. The molecule has 0 spiro atoms. The molecule has 0 saturated heterocycles. The van der Waals surface area contributed by atoms with Gasteiger partial charge in [0, 0.05) is 11.3 Å². The summed E-state index contributed by atoms with van der Waals surface area (Å²) in [7, 11) is 0. The summed E-state index contributed by atoms with van der Waals surface area (Å²) in [5.74, 6) is 1.25. The number of nitrogens with zero attached hydrogens (tertiary/aromatic N) is 2. The number of aryl methyl sites for hydroxylation is 1. The number of nitrogens with one attached hydrogen (secondary N) is 1. The zero-order valence-electron chi connectivity index (χ0n) is 12.8. The van der Waals surface area contributed by atoms with Crippen molar-refractivity contribution in [2.24, 2.45) is 0 Å². The molecule has 0 atom stereocenters. The molecule has 0 amide bonds. The summed E-state index contributed by atoms with van der Waals surface area (Å²) < 4.78 is 0. The highest BCUT2D eigenvalue weighted by molar-refractivity contribution is 5.62. The van der Waals surface area contributed by atoms with Crippen LogP contribution in [0.3, 0.4) is 0 Å². The molecule has 3 heteroatoms. The second kappa shape index (κ2) is 5.13. The van der Waals surface area contributed by atoms with Crippen LogP contribution in [0.2, 0.25) is 0 Å². The lowest BCUT2D eigenvalue weighted by Crippen LogP contribution is -2.15. The van der Waals surface area contributed by atoms with E-state index in [0.717, 1.165) is 22.8 Å². The second-order valence-corrected chi connectivity index (χ2v) is 6.07. The van der Waals surface area contributed by atoms with Gasteiger partial charge in [0.2, 0.25) is 0 Å². The number of imidazole rings is 1. The summed E-state index contributed by atoms with van der Waals surface area (Å²) in [6, 6.07) is 10.8. The monoisotopic (exact) mass is 267 g/mol. The number of hydrogen-bond acceptors (Lipinski definition) is 2. The van der Waals surface area contributed by atoms with Gasteiger partial charge in [-0.1, -0.05) is 38.1 Å². The molecule has 0 aliphatic carbocycles. The normalized spacial score (nSPS) is 11.7. The first-order chi connectivity index (χ1) is 9.35. The van der Waals surface area contributed by atoms with Crippen LogP contribution >= 0.6 is 0 Å². The van der Waals surface area contributed by atoms with Gasteiger partial charge < -0.3 is 4.98 Å². The summed E-state index contributed by atoms with van der Waals surface area (Å²) in [6.45, 7) is 10.1. The molecule has 0 saturated carbocycles. The fourth-order valence-corrected chi connectivity index (χ4v) is 2.12. The van der Waals surface area contributed by atoms with Crippen molar-refractivity contribution in [3.05, 3.63) is 41.3 Å². The van der Waals surface area contributed by atoms with E-state index in [2.05, 4.69) is 54.2 Å². The fourth-order valence-electron chi connectivity index (χ4n) is 2.12. The Hall–Kier alpha value is -2.08. The standard InChI is InChI=1S/C17H21N3/c1-11(2)13-6-8-14(9-7-13)15-12(3)19-16(20-15)17(4,5)10-18/h6-9,11H,1-5H3,(H,19,20). The molecule has 1 aromatic heterocycles. The summed E-state index contributed by atoms with van der Waals surface area (Å²) in [5.41, 5.74) is 3.74. The number of benzene rings is 1. The maximum Gasteiger partial charge on any atom is 0.126 e. The quantitative estimate of drug-likeness (QED) is 0.900. The third-order valence-corrected chi connectivity index (χ3v) is 3.61. The summed E-state index contributed by atoms with van der Waals surface area (Å²) in [5, 5.41) is 9.21. The lowest BCUT2D eigenvalue weighted by molar-refractivity contribution is 0.638. The molecule has 2 aromatic rings. The Morgan fingerprint density at radius 3 is 2.30 bits per heavy atom. The zero-order chi connectivity index (χ0) is 14.9. The Balaban J connectivity index is 2.41. The highest BCUT2D eigenvalue weighted by atomic mass is 15.0. The number of rotatable bonds is 3. The summed E-state index contributed by atoms with van der Waals surface area (Å²) >= 11 is 0. The van der Waals surface area contributed by atoms with Crippen molar-refractivity contribution in [1.82, 2.24) is 9.97 Å². The predicted octanol–water partition coefficient (Wildman–Crippen LogP) is 4.31. The van der Waals surface area contributed by atoms with Crippen LogP contribution in [0.5, 0.6) is 0 Å². The molecule has 1 N–H and O–H groups in total. The van der Waals surface area contributed by atoms with Gasteiger partial charge in [0.15, 0.2) is 0 Å². The Bertz CT molecular complexity index is 640. The van der Waals surface area contributed by atoms with Crippen molar-refractivity contribution >= 4 is 0 Å². The van der Waals surface area contributed by atoms with Crippen LogP contribution in [0, 0.1) is 18.3 Å². The Morgan fingerprint density at radius 2 is 1.80 bits per heavy atom. The van der Waals surface area contributed by atoms with Gasteiger partial charge in [0.25, 0.3) is 0 Å². The van der Waals surface area contributed by atoms with Crippen LogP contribution in [0.25, 0.3) is 11.3 Å². The van der Waals surface area contributed by atoms with Gasteiger partial charge >= 0.3 is 0 Å². The summed E-state index contributed by atoms with van der Waals surface area (Å²) in [4.78, 5) is 7.86. The minimum Gasteiger partial charge on any atom is -0.344 e. The first-order valence-electron chi connectivity index (χ1n) is 6.94. The number of H-pyrrole nitrogens is 1. The fraction of sp³-hybridized carbons (Fsp3) is 0.412. The van der Waals surface area contributed by atoms with Crippen molar-refractivity contribution in [2.75, 3.05) is 0 Å². The van der Waals surface area contributed by atoms with E-state index in [1.807, 2.05) is 20.8 Å². The van der Waals surface area contributed by atoms with Gasteiger partial charge in [-0.05, 0) is 32.3 Å². The van der Waals surface area contributed by atoms with Gasteiger partial charge in [-0.25, -0.2) is 4.98 Å². The highest BCUT2D eigenvalue weighted by Gasteiger charge is 2.25. The average Bonchev–Trinajstić information content (AvgIpc) is 2.81. The van der Waals surface area contributed by atoms with Gasteiger partial charge in [-0.15, -0.1) is 0 Å². The molecular weight excluding hydrogens is 246 g/mol. The minimum absolute atomic E-state index is 0.525. The Morgan fingerprint density at radius 1 is 1.20 bits per heavy atom. The van der Waals surface area contributed by atoms with E-state index in [1.54, 1.807) is 0 Å². The second-order valence-electron chi connectivity index (χ2n) is 6.07. The first kappa shape index (κ1) is 14.3. The molecule has 0 bridgehead atoms. The zero-order valence-corrected chi connectivity index (χ0v) is 12.8. The van der Waals surface area contributed by atoms with E-state index in [1.165, 1.54) is 5.56 Å². The molecule has 0 fully saturated rings. The van der Waals surface area contributed by atoms with Gasteiger partial charge in [0.05, 0.1) is 11.8 Å². The SMILES string of the molecule is Cc1[nH]c(C(C)(C)C#N)nc1-c1ccc(C(C)C)cc1. The van der Waals surface area contributed by atoms with Gasteiger partial charge in [-0.2, -0.15) is 5.26 Å². The van der Waals surface area contributed by atoms with Crippen LogP contribution in [-0.4, -0.2) is 9.97 Å². The number of nitriles is 1. The van der Waals surface area contributed by atoms with E-state index in [4.69, 9.17) is 0 Å². The predicted molar refractivity (Wildman–Crippen MR) is 81.5 cm³/mol. The Labute approximate surface area is 120 Å². The molecule has 1 aromatic carbocycles. The van der Waals surface area contributed by atoms with Crippen molar-refractivity contribution < 1.29 is 0 Å². The van der Waals surface area contributed by atoms with E-state index < -0.39 is 5.41 Å². The van der Waals surface area contributed by atoms with Gasteiger partial charge in [-0.3, -0.25) is 0 Å². The molecule has 0 unspecified atom stereocenters. The van der Waals surface area contributed by atoms with E-state index in [-0.39, 0.29) is 0 Å².